The van der Waals surface area contributed by atoms with E-state index in [-0.39, 0.29) is 29.3 Å². The Morgan fingerprint density at radius 3 is 2.58 bits per heavy atom. The van der Waals surface area contributed by atoms with E-state index in [2.05, 4.69) is 9.97 Å². The molecule has 1 aliphatic heterocycles. The number of carbonyl (C=O) groups is 1. The van der Waals surface area contributed by atoms with Crippen molar-refractivity contribution >= 4 is 23.3 Å². The standard InChI is InChI=1S/C21H27FN6O3/c1-4-30-21(29)28-7-5-27(6-8-28)19-11-17(25-12-26-19)20(24)14-9-18(31-13(2)3)15(22)10-16(14)23/h9-13,24H,4-8,23H2,1-3H3. The van der Waals surface area contributed by atoms with Crippen LogP contribution in [-0.4, -0.2) is 65.6 Å². The van der Waals surface area contributed by atoms with Crippen LogP contribution in [0, 0.1) is 11.2 Å². The quantitative estimate of drug-likeness (QED) is 0.534. The summed E-state index contributed by atoms with van der Waals surface area (Å²) in [5.41, 5.74) is 6.82. The summed E-state index contributed by atoms with van der Waals surface area (Å²) in [4.78, 5) is 24.0. The first-order valence-electron chi connectivity index (χ1n) is 10.1. The van der Waals surface area contributed by atoms with Crippen molar-refractivity contribution in [2.45, 2.75) is 26.9 Å². The molecule has 0 aliphatic carbocycles. The summed E-state index contributed by atoms with van der Waals surface area (Å²) in [6.07, 6.45) is 0.833. The SMILES string of the molecule is CCOC(=O)N1CCN(c2cc(C(=N)c3cc(OC(C)C)c(F)cc3N)ncn2)CC1. The van der Waals surface area contributed by atoms with Gasteiger partial charge in [-0.25, -0.2) is 19.2 Å². The summed E-state index contributed by atoms with van der Waals surface area (Å²) in [5.74, 6) is 0.0940. The number of anilines is 2. The first-order valence-corrected chi connectivity index (χ1v) is 10.1. The highest BCUT2D eigenvalue weighted by atomic mass is 19.1. The predicted molar refractivity (Wildman–Crippen MR) is 115 cm³/mol. The molecule has 166 valence electrons. The third-order valence-electron chi connectivity index (χ3n) is 4.77. The molecule has 1 aromatic heterocycles. The van der Waals surface area contributed by atoms with Crippen LogP contribution in [0.4, 0.5) is 20.7 Å². The lowest BCUT2D eigenvalue weighted by atomic mass is 10.0. The van der Waals surface area contributed by atoms with Gasteiger partial charge in [0.25, 0.3) is 0 Å². The highest BCUT2D eigenvalue weighted by Gasteiger charge is 2.23. The van der Waals surface area contributed by atoms with Crippen molar-refractivity contribution in [1.82, 2.24) is 14.9 Å². The van der Waals surface area contributed by atoms with E-state index in [1.54, 1.807) is 31.7 Å². The van der Waals surface area contributed by atoms with Crippen molar-refractivity contribution in [2.24, 2.45) is 0 Å². The van der Waals surface area contributed by atoms with Crippen molar-refractivity contribution < 1.29 is 18.7 Å². The number of benzene rings is 1. The first-order chi connectivity index (χ1) is 14.8. The Morgan fingerprint density at radius 1 is 1.23 bits per heavy atom. The number of ether oxygens (including phenoxy) is 2. The summed E-state index contributed by atoms with van der Waals surface area (Å²) in [5, 5.41) is 8.57. The first kappa shape index (κ1) is 22.3. The van der Waals surface area contributed by atoms with Crippen molar-refractivity contribution in [1.29, 1.82) is 5.41 Å². The molecule has 0 bridgehead atoms. The van der Waals surface area contributed by atoms with Gasteiger partial charge < -0.3 is 25.0 Å². The summed E-state index contributed by atoms with van der Waals surface area (Å²) in [6, 6.07) is 4.26. The Kier molecular flexibility index (Phi) is 6.88. The Labute approximate surface area is 180 Å². The van der Waals surface area contributed by atoms with Gasteiger partial charge in [-0.2, -0.15) is 0 Å². The lowest BCUT2D eigenvalue weighted by Gasteiger charge is -2.34. The molecule has 0 atom stereocenters. The van der Waals surface area contributed by atoms with Gasteiger partial charge in [-0.3, -0.25) is 5.41 Å². The Bertz CT molecular complexity index is 960. The van der Waals surface area contributed by atoms with Crippen LogP contribution in [0.3, 0.4) is 0 Å². The molecule has 2 heterocycles. The van der Waals surface area contributed by atoms with Crippen LogP contribution in [0.15, 0.2) is 24.5 Å². The van der Waals surface area contributed by atoms with Crippen LogP contribution in [-0.2, 0) is 4.74 Å². The van der Waals surface area contributed by atoms with Crippen LogP contribution < -0.4 is 15.4 Å². The number of nitrogens with one attached hydrogen (secondary N) is 1. The van der Waals surface area contributed by atoms with E-state index in [4.69, 9.17) is 20.6 Å². The molecule has 0 unspecified atom stereocenters. The van der Waals surface area contributed by atoms with Gasteiger partial charge in [-0.15, -0.1) is 0 Å². The van der Waals surface area contributed by atoms with E-state index >= 15 is 0 Å². The van der Waals surface area contributed by atoms with E-state index < -0.39 is 5.82 Å². The molecule has 1 amide bonds. The number of piperazine rings is 1. The van der Waals surface area contributed by atoms with E-state index in [9.17, 15) is 9.18 Å². The number of carbonyl (C=O) groups excluding carboxylic acids is 1. The topological polar surface area (TPSA) is 118 Å². The van der Waals surface area contributed by atoms with Gasteiger partial charge in [0, 0.05) is 49.6 Å². The lowest BCUT2D eigenvalue weighted by Crippen LogP contribution is -2.49. The number of amides is 1. The molecule has 10 heteroatoms. The number of nitrogens with two attached hydrogens (primary N) is 1. The van der Waals surface area contributed by atoms with Crippen molar-refractivity contribution in [3.8, 4) is 5.75 Å². The molecule has 1 aromatic carbocycles. The number of nitrogens with zero attached hydrogens (tertiary/aromatic N) is 4. The number of hydrogen-bond acceptors (Lipinski definition) is 8. The second-order valence-corrected chi connectivity index (χ2v) is 7.35. The number of rotatable bonds is 6. The van der Waals surface area contributed by atoms with Gasteiger partial charge in [0.2, 0.25) is 0 Å². The van der Waals surface area contributed by atoms with Crippen LogP contribution in [0.25, 0.3) is 0 Å². The molecule has 3 rings (SSSR count). The fourth-order valence-electron chi connectivity index (χ4n) is 3.26. The molecule has 9 nitrogen and oxygen atoms in total. The summed E-state index contributed by atoms with van der Waals surface area (Å²) >= 11 is 0. The van der Waals surface area contributed by atoms with E-state index in [0.717, 1.165) is 6.07 Å². The van der Waals surface area contributed by atoms with Gasteiger partial charge in [-0.1, -0.05) is 0 Å². The molecule has 3 N–H and O–H groups in total. The second kappa shape index (κ2) is 9.59. The van der Waals surface area contributed by atoms with Crippen LogP contribution in [0.1, 0.15) is 32.0 Å². The van der Waals surface area contributed by atoms with Gasteiger partial charge in [0.1, 0.15) is 12.1 Å². The maximum absolute atomic E-state index is 14.2. The highest BCUT2D eigenvalue weighted by Crippen LogP contribution is 2.27. The fourth-order valence-corrected chi connectivity index (χ4v) is 3.26. The molecule has 0 radical (unpaired) electrons. The second-order valence-electron chi connectivity index (χ2n) is 7.35. The molecule has 31 heavy (non-hydrogen) atoms. The average Bonchev–Trinajstić information content (AvgIpc) is 2.75. The van der Waals surface area contributed by atoms with Crippen LogP contribution in [0.2, 0.25) is 0 Å². The molecule has 1 fully saturated rings. The molecule has 2 aromatic rings. The predicted octanol–water partition coefficient (Wildman–Crippen LogP) is 2.68. The van der Waals surface area contributed by atoms with Gasteiger partial charge >= 0.3 is 6.09 Å². The minimum Gasteiger partial charge on any atom is -0.488 e. The smallest absolute Gasteiger partial charge is 0.409 e. The van der Waals surface area contributed by atoms with E-state index in [0.29, 0.717) is 49.9 Å². The largest absolute Gasteiger partial charge is 0.488 e. The van der Waals surface area contributed by atoms with Crippen molar-refractivity contribution in [3.63, 3.8) is 0 Å². The molecular formula is C21H27FN6O3. The zero-order valence-electron chi connectivity index (χ0n) is 17.9. The van der Waals surface area contributed by atoms with Gasteiger partial charge in [-0.05, 0) is 26.8 Å². The number of hydrogen-bond donors (Lipinski definition) is 2. The molecule has 0 spiro atoms. The van der Waals surface area contributed by atoms with E-state index in [1.165, 1.54) is 12.4 Å². The molecular weight excluding hydrogens is 403 g/mol. The number of nitrogen functional groups attached to an aromatic ring is 1. The summed E-state index contributed by atoms with van der Waals surface area (Å²) < 4.78 is 24.7. The maximum atomic E-state index is 14.2. The summed E-state index contributed by atoms with van der Waals surface area (Å²) in [7, 11) is 0. The fraction of sp³-hybridized carbons (Fsp3) is 0.429. The maximum Gasteiger partial charge on any atom is 0.409 e. The average molecular weight is 430 g/mol. The van der Waals surface area contributed by atoms with Gasteiger partial charge in [0.15, 0.2) is 11.6 Å². The Balaban J connectivity index is 1.78. The van der Waals surface area contributed by atoms with Crippen molar-refractivity contribution in [2.75, 3.05) is 43.4 Å². The van der Waals surface area contributed by atoms with Crippen LogP contribution >= 0.6 is 0 Å². The molecule has 1 saturated heterocycles. The normalized spacial score (nSPS) is 14.0. The van der Waals surface area contributed by atoms with E-state index in [1.807, 2.05) is 4.90 Å². The minimum absolute atomic E-state index is 0.0355. The molecule has 1 aliphatic rings. The van der Waals surface area contributed by atoms with Gasteiger partial charge in [0.05, 0.1) is 24.1 Å². The Hall–Kier alpha value is -3.43. The molecule has 0 saturated carbocycles. The third-order valence-corrected chi connectivity index (χ3v) is 4.77. The van der Waals surface area contributed by atoms with Crippen LogP contribution in [0.5, 0.6) is 5.75 Å². The zero-order valence-corrected chi connectivity index (χ0v) is 17.9. The number of halogens is 1. The monoisotopic (exact) mass is 430 g/mol. The van der Waals surface area contributed by atoms with Crippen molar-refractivity contribution in [3.05, 3.63) is 41.6 Å². The third kappa shape index (κ3) is 5.19. The Morgan fingerprint density at radius 2 is 1.94 bits per heavy atom. The minimum atomic E-state index is -0.578. The number of aromatic nitrogens is 2. The zero-order chi connectivity index (χ0) is 22.5. The highest BCUT2D eigenvalue weighted by molar-refractivity contribution is 6.13. The lowest BCUT2D eigenvalue weighted by molar-refractivity contribution is 0.105. The summed E-state index contributed by atoms with van der Waals surface area (Å²) in [6.45, 7) is 7.87.